The Bertz CT molecular complexity index is 52.8. The number of hydrogen-bond donors (Lipinski definition) is 4. The first-order chi connectivity index (χ1) is 3.00. The predicted octanol–water partition coefficient (Wildman–Crippen LogP) is -3.12. The van der Waals surface area contributed by atoms with E-state index in [9.17, 15) is 0 Å². The monoisotopic (exact) mass is 163 g/mol. The molecule has 5 nitrogen and oxygen atoms in total. The molecule has 0 aliphatic heterocycles. The molecular formula is CH6KNO4Si. The molecule has 0 radical (unpaired) electrons. The van der Waals surface area contributed by atoms with Gasteiger partial charge in [0.2, 0.25) is 0 Å². The van der Waals surface area contributed by atoms with Crippen LogP contribution in [-0.2, 0) is 0 Å². The Morgan fingerprint density at radius 1 is 1.00 bits per heavy atom. The van der Waals surface area contributed by atoms with Gasteiger partial charge in [-0.2, -0.15) is 0 Å². The van der Waals surface area contributed by atoms with Gasteiger partial charge in [-0.1, -0.05) is 0 Å². The summed E-state index contributed by atoms with van der Waals surface area (Å²) >= 11 is 0. The molecule has 0 saturated carbocycles. The van der Waals surface area contributed by atoms with Crippen LogP contribution in [0.15, 0.2) is 0 Å². The van der Waals surface area contributed by atoms with Crippen LogP contribution in [0.1, 0.15) is 0 Å². The summed E-state index contributed by atoms with van der Waals surface area (Å²) in [6, 6.07) is 0. The third-order valence-electron chi connectivity index (χ3n) is 0. The van der Waals surface area contributed by atoms with Crippen molar-refractivity contribution >= 4 is 60.4 Å². The number of rotatable bonds is 0. The number of nitrogens with zero attached hydrogens (tertiary/aromatic N) is 1. The van der Waals surface area contributed by atoms with E-state index in [0.717, 1.165) is 0 Å². The molecule has 0 aliphatic carbocycles. The molecule has 0 aromatic carbocycles. The molecule has 0 unspecified atom stereocenters. The van der Waals surface area contributed by atoms with Gasteiger partial charge in [-0.3, -0.25) is 0 Å². The molecule has 0 rings (SSSR count). The predicted molar refractivity (Wildman–Crippen MR) is 28.4 cm³/mol. The van der Waals surface area contributed by atoms with E-state index in [2.05, 4.69) is 6.57 Å². The van der Waals surface area contributed by atoms with Gasteiger partial charge in [0.05, 0.1) is 0 Å². The van der Waals surface area contributed by atoms with E-state index in [1.54, 1.807) is 0 Å². The Morgan fingerprint density at radius 3 is 1.00 bits per heavy atom. The molecule has 7 heteroatoms. The first kappa shape index (κ1) is 16.1. The van der Waals surface area contributed by atoms with Crippen LogP contribution in [0, 0.1) is 11.8 Å². The third kappa shape index (κ3) is 196. The molecule has 0 spiro atoms. The molecule has 0 aromatic heterocycles. The summed E-state index contributed by atoms with van der Waals surface area (Å²) in [6.07, 6.45) is 0. The van der Waals surface area contributed by atoms with Crippen LogP contribution in [-0.4, -0.2) is 79.6 Å². The Kier molecular flexibility index (Phi) is 16.5. The summed E-state index contributed by atoms with van der Waals surface area (Å²) in [4.78, 5) is 29.3. The number of hydrogen-bond acceptors (Lipinski definition) is 5. The second kappa shape index (κ2) is 8.18. The van der Waals surface area contributed by atoms with Gasteiger partial charge in [0, 0.05) is 6.57 Å². The Labute approximate surface area is 90.1 Å². The molecule has 8 heavy (non-hydrogen) atoms. The average Bonchev–Trinajstić information content (AvgIpc) is 1.36. The summed E-state index contributed by atoms with van der Waals surface area (Å²) < 4.78 is 0. The molecule has 0 aromatic rings. The van der Waals surface area contributed by atoms with Gasteiger partial charge in [-0.25, -0.2) is 5.26 Å². The normalized spacial score (nSPS) is 7.75. The molecule has 0 heterocycles. The van der Waals surface area contributed by atoms with Gasteiger partial charge in [-0.05, 0) is 0 Å². The summed E-state index contributed by atoms with van der Waals surface area (Å²) in [5.41, 5.74) is 0. The summed E-state index contributed by atoms with van der Waals surface area (Å²) in [5, 5.41) is 6.50. The average molecular weight is 163 g/mol. The van der Waals surface area contributed by atoms with Crippen molar-refractivity contribution in [1.29, 1.82) is 5.26 Å². The van der Waals surface area contributed by atoms with E-state index >= 15 is 0 Å². The first-order valence-corrected chi connectivity index (χ1v) is 2.94. The van der Waals surface area contributed by atoms with Gasteiger partial charge < -0.3 is 19.2 Å². The first-order valence-electron chi connectivity index (χ1n) is 1.15. The van der Waals surface area contributed by atoms with Gasteiger partial charge >= 0.3 is 60.4 Å². The van der Waals surface area contributed by atoms with Crippen LogP contribution >= 0.6 is 0 Å². The van der Waals surface area contributed by atoms with Gasteiger partial charge in [0.25, 0.3) is 0 Å². The zero-order valence-electron chi connectivity index (χ0n) is 3.31. The molecule has 4 N–H and O–H groups in total. The fourth-order valence-corrected chi connectivity index (χ4v) is 0. The second-order valence-electron chi connectivity index (χ2n) is 0.600. The fourth-order valence-electron chi connectivity index (χ4n) is 0. The van der Waals surface area contributed by atoms with Crippen LogP contribution in [0.5, 0.6) is 0 Å². The molecule has 44 valence electrons. The van der Waals surface area contributed by atoms with E-state index in [-0.39, 0.29) is 51.4 Å². The van der Waals surface area contributed by atoms with Crippen molar-refractivity contribution in [3.63, 3.8) is 0 Å². The van der Waals surface area contributed by atoms with E-state index in [1.165, 1.54) is 0 Å². The maximum absolute atomic E-state index is 7.33. The van der Waals surface area contributed by atoms with Crippen LogP contribution in [0.3, 0.4) is 0 Å². The molecule has 0 fully saturated rings. The van der Waals surface area contributed by atoms with Crippen molar-refractivity contribution in [1.82, 2.24) is 0 Å². The van der Waals surface area contributed by atoms with Crippen LogP contribution < -0.4 is 0 Å². The molecular weight excluding hydrogens is 157 g/mol. The zero-order valence-corrected chi connectivity index (χ0v) is 4.31. The van der Waals surface area contributed by atoms with Gasteiger partial charge in [-0.15, -0.1) is 0 Å². The van der Waals surface area contributed by atoms with Crippen molar-refractivity contribution in [2.24, 2.45) is 0 Å². The molecule has 0 aliphatic rings. The number of nitriles is 1. The summed E-state index contributed by atoms with van der Waals surface area (Å²) in [5.74, 6) is 0. The Hall–Kier alpha value is 1.18. The quantitative estimate of drug-likeness (QED) is 0.283. The topological polar surface area (TPSA) is 105 Å². The van der Waals surface area contributed by atoms with Crippen LogP contribution in [0.4, 0.5) is 0 Å². The Morgan fingerprint density at radius 2 is 1.00 bits per heavy atom. The molecule has 0 atom stereocenters. The van der Waals surface area contributed by atoms with Crippen molar-refractivity contribution in [3.8, 4) is 6.57 Å². The zero-order chi connectivity index (χ0) is 6.50. The van der Waals surface area contributed by atoms with E-state index < -0.39 is 9.05 Å². The van der Waals surface area contributed by atoms with Crippen molar-refractivity contribution in [3.05, 3.63) is 0 Å². The van der Waals surface area contributed by atoms with E-state index in [1.807, 2.05) is 0 Å². The standard InChI is InChI=1S/CHN.K.H4O4Si.H/c1-2;;1-5(2,3)4;/h1H;;1-4H;. The second-order valence-corrected chi connectivity index (χ2v) is 1.80. The molecule has 0 bridgehead atoms. The van der Waals surface area contributed by atoms with Crippen LogP contribution in [0.2, 0.25) is 0 Å². The maximum atomic E-state index is 7.33. The Balaban J connectivity index is -0.0000000750. The van der Waals surface area contributed by atoms with Crippen molar-refractivity contribution in [2.75, 3.05) is 0 Å². The van der Waals surface area contributed by atoms with E-state index in [4.69, 9.17) is 24.4 Å². The summed E-state index contributed by atoms with van der Waals surface area (Å²) in [6.45, 7) is 3.50. The SMILES string of the molecule is C#N.O[Si](O)(O)O.[KH]. The minimum absolute atomic E-state index is 0. The van der Waals surface area contributed by atoms with E-state index in [0.29, 0.717) is 0 Å². The molecule has 0 saturated heterocycles. The van der Waals surface area contributed by atoms with Crippen molar-refractivity contribution < 1.29 is 19.2 Å². The van der Waals surface area contributed by atoms with Crippen molar-refractivity contribution in [2.45, 2.75) is 0 Å². The van der Waals surface area contributed by atoms with Crippen LogP contribution in [0.25, 0.3) is 0 Å². The summed E-state index contributed by atoms with van der Waals surface area (Å²) in [7, 11) is -4.61. The fraction of sp³-hybridized carbons (Fsp3) is 0. The van der Waals surface area contributed by atoms with Gasteiger partial charge in [0.1, 0.15) is 0 Å². The third-order valence-corrected chi connectivity index (χ3v) is 0. The molecule has 0 amide bonds. The minimum atomic E-state index is -4.61. The van der Waals surface area contributed by atoms with Gasteiger partial charge in [0.15, 0.2) is 0 Å².